The highest BCUT2D eigenvalue weighted by Crippen LogP contribution is 2.27. The molecule has 0 spiro atoms. The van der Waals surface area contributed by atoms with Crippen molar-refractivity contribution in [3.8, 4) is 0 Å². The van der Waals surface area contributed by atoms with Gasteiger partial charge in [-0.1, -0.05) is 17.7 Å². The van der Waals surface area contributed by atoms with Gasteiger partial charge in [-0.2, -0.15) is 5.10 Å². The molecule has 2 aromatic rings. The highest BCUT2D eigenvalue weighted by Gasteiger charge is 2.22. The number of hydrogen-bond acceptors (Lipinski definition) is 3. The molecule has 1 atom stereocenters. The highest BCUT2D eigenvalue weighted by atomic mass is 35.5. The third-order valence-corrected chi connectivity index (χ3v) is 4.34. The van der Waals surface area contributed by atoms with Crippen molar-refractivity contribution < 1.29 is 9.18 Å². The molecule has 3 N–H and O–H groups in total. The average molecular weight is 337 g/mol. The standard InChI is InChI=1S/C16H18ClFN4O/c17-12-3-1-10(7-13(12)18)2-4-15(23)21-14-9-20-22-16(14)11-5-6-19-8-11/h1,3,7,9,11,19H,2,4-6,8H2,(H,20,22)(H,21,23). The number of anilines is 1. The van der Waals surface area contributed by atoms with Gasteiger partial charge < -0.3 is 10.6 Å². The van der Waals surface area contributed by atoms with Crippen molar-refractivity contribution in [3.05, 3.63) is 46.5 Å². The maximum atomic E-state index is 13.4. The fourth-order valence-corrected chi connectivity index (χ4v) is 2.89. The van der Waals surface area contributed by atoms with E-state index in [1.807, 2.05) is 0 Å². The number of benzene rings is 1. The molecule has 1 fully saturated rings. The lowest BCUT2D eigenvalue weighted by molar-refractivity contribution is -0.116. The quantitative estimate of drug-likeness (QED) is 0.786. The summed E-state index contributed by atoms with van der Waals surface area (Å²) in [5.41, 5.74) is 2.43. The van der Waals surface area contributed by atoms with Crippen LogP contribution >= 0.6 is 11.6 Å². The smallest absolute Gasteiger partial charge is 0.224 e. The molecule has 122 valence electrons. The summed E-state index contributed by atoms with van der Waals surface area (Å²) in [4.78, 5) is 12.1. The second-order valence-electron chi connectivity index (χ2n) is 5.68. The zero-order chi connectivity index (χ0) is 16.2. The number of aromatic nitrogens is 2. The van der Waals surface area contributed by atoms with Crippen molar-refractivity contribution in [2.45, 2.75) is 25.2 Å². The van der Waals surface area contributed by atoms with E-state index < -0.39 is 5.82 Å². The van der Waals surface area contributed by atoms with Gasteiger partial charge in [-0.3, -0.25) is 9.89 Å². The predicted octanol–water partition coefficient (Wildman–Crippen LogP) is 2.85. The van der Waals surface area contributed by atoms with Gasteiger partial charge >= 0.3 is 0 Å². The minimum Gasteiger partial charge on any atom is -0.323 e. The van der Waals surface area contributed by atoms with E-state index >= 15 is 0 Å². The Labute approximate surface area is 138 Å². The molecule has 1 saturated heterocycles. The van der Waals surface area contributed by atoms with Crippen LogP contribution in [0.15, 0.2) is 24.4 Å². The van der Waals surface area contributed by atoms with Gasteiger partial charge in [0.05, 0.1) is 22.6 Å². The summed E-state index contributed by atoms with van der Waals surface area (Å²) >= 11 is 5.65. The first-order valence-electron chi connectivity index (χ1n) is 7.61. The third-order valence-electron chi connectivity index (χ3n) is 4.04. The summed E-state index contributed by atoms with van der Waals surface area (Å²) in [5.74, 6) is -0.234. The molecule has 7 heteroatoms. The van der Waals surface area contributed by atoms with Crippen LogP contribution in [0.5, 0.6) is 0 Å². The normalized spacial score (nSPS) is 17.4. The third kappa shape index (κ3) is 3.89. The van der Waals surface area contributed by atoms with E-state index in [2.05, 4.69) is 20.8 Å². The van der Waals surface area contributed by atoms with Gasteiger partial charge in [0, 0.05) is 18.9 Å². The second-order valence-corrected chi connectivity index (χ2v) is 6.09. The molecule has 1 aliphatic heterocycles. The molecule has 0 bridgehead atoms. The summed E-state index contributed by atoms with van der Waals surface area (Å²) in [7, 11) is 0. The SMILES string of the molecule is O=C(CCc1ccc(Cl)c(F)c1)Nc1cn[nH]c1C1CCNC1. The van der Waals surface area contributed by atoms with Crippen LogP contribution in [0, 0.1) is 5.82 Å². The zero-order valence-corrected chi connectivity index (χ0v) is 13.3. The molecular weight excluding hydrogens is 319 g/mol. The zero-order valence-electron chi connectivity index (χ0n) is 12.5. The number of aromatic amines is 1. The van der Waals surface area contributed by atoms with Crippen LogP contribution in [-0.4, -0.2) is 29.2 Å². The van der Waals surface area contributed by atoms with Gasteiger partial charge in [0.25, 0.3) is 0 Å². The van der Waals surface area contributed by atoms with Gasteiger partial charge in [0.15, 0.2) is 0 Å². The Morgan fingerprint density at radius 1 is 1.48 bits per heavy atom. The molecule has 1 aromatic heterocycles. The Morgan fingerprint density at radius 3 is 3.09 bits per heavy atom. The van der Waals surface area contributed by atoms with Crippen LogP contribution < -0.4 is 10.6 Å². The monoisotopic (exact) mass is 336 g/mol. The van der Waals surface area contributed by atoms with E-state index in [0.29, 0.717) is 12.3 Å². The van der Waals surface area contributed by atoms with Crippen LogP contribution in [0.3, 0.4) is 0 Å². The lowest BCUT2D eigenvalue weighted by Gasteiger charge is -2.10. The Hall–Kier alpha value is -1.92. The molecule has 0 saturated carbocycles. The van der Waals surface area contributed by atoms with Crippen molar-refractivity contribution in [2.75, 3.05) is 18.4 Å². The van der Waals surface area contributed by atoms with E-state index in [0.717, 1.165) is 36.5 Å². The summed E-state index contributed by atoms with van der Waals surface area (Å²) in [6.07, 6.45) is 3.38. The van der Waals surface area contributed by atoms with Crippen molar-refractivity contribution in [3.63, 3.8) is 0 Å². The van der Waals surface area contributed by atoms with Crippen molar-refractivity contribution in [2.24, 2.45) is 0 Å². The number of nitrogens with one attached hydrogen (secondary N) is 3. The van der Waals surface area contributed by atoms with Gasteiger partial charge in [-0.25, -0.2) is 4.39 Å². The number of H-pyrrole nitrogens is 1. The van der Waals surface area contributed by atoms with Gasteiger partial charge in [0.1, 0.15) is 5.82 Å². The first kappa shape index (κ1) is 16.0. The van der Waals surface area contributed by atoms with Crippen molar-refractivity contribution >= 4 is 23.2 Å². The summed E-state index contributed by atoms with van der Waals surface area (Å²) in [6, 6.07) is 4.60. The van der Waals surface area contributed by atoms with Crippen LogP contribution in [0.2, 0.25) is 5.02 Å². The Morgan fingerprint density at radius 2 is 2.35 bits per heavy atom. The fourth-order valence-electron chi connectivity index (χ4n) is 2.77. The summed E-state index contributed by atoms with van der Waals surface area (Å²) in [5, 5.41) is 13.3. The van der Waals surface area contributed by atoms with E-state index in [1.54, 1.807) is 12.3 Å². The number of aryl methyl sites for hydroxylation is 1. The van der Waals surface area contributed by atoms with E-state index in [-0.39, 0.29) is 17.4 Å². The molecule has 5 nitrogen and oxygen atoms in total. The van der Waals surface area contributed by atoms with Crippen LogP contribution in [0.4, 0.5) is 10.1 Å². The van der Waals surface area contributed by atoms with Crippen molar-refractivity contribution in [1.82, 2.24) is 15.5 Å². The molecule has 2 heterocycles. The summed E-state index contributed by atoms with van der Waals surface area (Å²) in [6.45, 7) is 1.86. The molecule has 23 heavy (non-hydrogen) atoms. The minimum absolute atomic E-state index is 0.0893. The van der Waals surface area contributed by atoms with Crippen molar-refractivity contribution in [1.29, 1.82) is 0 Å². The van der Waals surface area contributed by atoms with E-state index in [9.17, 15) is 9.18 Å². The van der Waals surface area contributed by atoms with Crippen LogP contribution in [0.1, 0.15) is 30.0 Å². The number of carbonyl (C=O) groups is 1. The lowest BCUT2D eigenvalue weighted by Crippen LogP contribution is -2.15. The van der Waals surface area contributed by atoms with Crippen LogP contribution in [0.25, 0.3) is 0 Å². The maximum Gasteiger partial charge on any atom is 0.224 e. The molecule has 1 unspecified atom stereocenters. The minimum atomic E-state index is -0.463. The molecule has 0 radical (unpaired) electrons. The van der Waals surface area contributed by atoms with Gasteiger partial charge in [-0.05, 0) is 37.1 Å². The number of hydrogen-bond donors (Lipinski definition) is 3. The van der Waals surface area contributed by atoms with E-state index in [4.69, 9.17) is 11.6 Å². The molecule has 1 aromatic carbocycles. The largest absolute Gasteiger partial charge is 0.323 e. The van der Waals surface area contributed by atoms with E-state index in [1.165, 1.54) is 12.1 Å². The number of carbonyl (C=O) groups excluding carboxylic acids is 1. The summed E-state index contributed by atoms with van der Waals surface area (Å²) < 4.78 is 13.4. The average Bonchev–Trinajstić information content (AvgIpc) is 3.19. The van der Waals surface area contributed by atoms with Crippen LogP contribution in [-0.2, 0) is 11.2 Å². The topological polar surface area (TPSA) is 69.8 Å². The van der Waals surface area contributed by atoms with Gasteiger partial charge in [0.2, 0.25) is 5.91 Å². The fraction of sp³-hybridized carbons (Fsp3) is 0.375. The number of halogens is 2. The number of rotatable bonds is 5. The maximum absolute atomic E-state index is 13.4. The van der Waals surface area contributed by atoms with Gasteiger partial charge in [-0.15, -0.1) is 0 Å². The lowest BCUT2D eigenvalue weighted by atomic mass is 10.0. The second kappa shape index (κ2) is 7.10. The molecule has 0 aliphatic carbocycles. The first-order valence-corrected chi connectivity index (χ1v) is 7.99. The molecule has 1 aliphatic rings. The Bertz CT molecular complexity index is 697. The Balaban J connectivity index is 1.57. The first-order chi connectivity index (χ1) is 11.1. The molecule has 3 rings (SSSR count). The number of amides is 1. The molecular formula is C16H18ClFN4O. The highest BCUT2D eigenvalue weighted by molar-refractivity contribution is 6.30. The predicted molar refractivity (Wildman–Crippen MR) is 87.2 cm³/mol. The molecule has 1 amide bonds. The Kier molecular flexibility index (Phi) is 4.93. The number of nitrogens with zero attached hydrogens (tertiary/aromatic N) is 1.